The summed E-state index contributed by atoms with van der Waals surface area (Å²) in [6.07, 6.45) is 3.39. The Morgan fingerprint density at radius 3 is 2.88 bits per heavy atom. The first kappa shape index (κ1) is 17.3. The van der Waals surface area contributed by atoms with Crippen LogP contribution in [-0.2, 0) is 4.79 Å². The number of carbonyl (C=O) groups is 2. The number of aromatic nitrogens is 2. The van der Waals surface area contributed by atoms with Gasteiger partial charge in [-0.05, 0) is 40.2 Å². The first-order valence-electron chi connectivity index (χ1n) is 7.19. The third-order valence-corrected chi connectivity index (χ3v) is 4.40. The van der Waals surface area contributed by atoms with Gasteiger partial charge < -0.3 is 14.6 Å². The minimum Gasteiger partial charge on any atom is -0.444 e. The molecule has 2 amide bonds. The summed E-state index contributed by atoms with van der Waals surface area (Å²) in [5, 5.41) is 4.99. The second-order valence-corrected chi connectivity index (χ2v) is 6.73. The molecular weight excluding hydrogens is 408 g/mol. The zero-order valence-electron chi connectivity index (χ0n) is 13.1. The molecule has 3 heterocycles. The van der Waals surface area contributed by atoms with Gasteiger partial charge in [0.2, 0.25) is 5.91 Å². The number of anilines is 1. The third-order valence-electron chi connectivity index (χ3n) is 3.22. The molecule has 0 radical (unpaired) electrons. The fourth-order valence-corrected chi connectivity index (χ4v) is 3.08. The molecule has 0 aliphatic heterocycles. The number of thiazole rings is 1. The van der Waals surface area contributed by atoms with Gasteiger partial charge in [-0.25, -0.2) is 4.98 Å². The number of amides is 2. The van der Waals surface area contributed by atoms with E-state index >= 15 is 0 Å². The maximum atomic E-state index is 12.1. The molecule has 0 aliphatic rings. The molecule has 25 heavy (non-hydrogen) atoms. The summed E-state index contributed by atoms with van der Waals surface area (Å²) in [4.78, 5) is 33.9. The van der Waals surface area contributed by atoms with Crippen LogP contribution in [0.1, 0.15) is 10.6 Å². The normalized spacial score (nSPS) is 10.5. The number of likely N-dealkylation sites (N-methyl/N-ethyl adjacent to an activating group) is 1. The Bertz CT molecular complexity index is 894. The summed E-state index contributed by atoms with van der Waals surface area (Å²) in [5.41, 5.74) is 1.60. The van der Waals surface area contributed by atoms with Crippen molar-refractivity contribution in [2.24, 2.45) is 0 Å². The van der Waals surface area contributed by atoms with Gasteiger partial charge in [-0.3, -0.25) is 14.6 Å². The van der Waals surface area contributed by atoms with Crippen molar-refractivity contribution in [2.75, 3.05) is 18.9 Å². The van der Waals surface area contributed by atoms with E-state index in [2.05, 4.69) is 31.2 Å². The number of nitrogens with zero attached hydrogens (tertiary/aromatic N) is 3. The second kappa shape index (κ2) is 7.58. The number of furan rings is 1. The van der Waals surface area contributed by atoms with Crippen LogP contribution in [0, 0.1) is 0 Å². The summed E-state index contributed by atoms with van der Waals surface area (Å²) < 4.78 is 5.65. The average Bonchev–Trinajstić information content (AvgIpc) is 3.24. The van der Waals surface area contributed by atoms with Crippen LogP contribution < -0.4 is 5.32 Å². The van der Waals surface area contributed by atoms with Crippen LogP contribution in [0.5, 0.6) is 0 Å². The Kier molecular flexibility index (Phi) is 5.25. The summed E-state index contributed by atoms with van der Waals surface area (Å²) in [6.45, 7) is -0.112. The SMILES string of the molecule is CN(CC(=O)Nc1nc(-c2cccnc2)cs1)C(=O)c1ccc(Br)o1. The molecule has 0 aliphatic carbocycles. The Morgan fingerprint density at radius 2 is 2.20 bits per heavy atom. The van der Waals surface area contributed by atoms with Crippen molar-refractivity contribution in [1.82, 2.24) is 14.9 Å². The highest BCUT2D eigenvalue weighted by Crippen LogP contribution is 2.24. The van der Waals surface area contributed by atoms with Gasteiger partial charge in [-0.15, -0.1) is 11.3 Å². The Morgan fingerprint density at radius 1 is 1.36 bits per heavy atom. The molecule has 0 saturated carbocycles. The van der Waals surface area contributed by atoms with Crippen molar-refractivity contribution >= 4 is 44.2 Å². The molecule has 0 fully saturated rings. The standard InChI is InChI=1S/C16H13BrN4O3S/c1-21(15(23)12-4-5-13(17)24-12)8-14(22)20-16-19-11(9-25-16)10-3-2-6-18-7-10/h2-7,9H,8H2,1H3,(H,19,20,22). The lowest BCUT2D eigenvalue weighted by Crippen LogP contribution is -2.34. The van der Waals surface area contributed by atoms with Crippen molar-refractivity contribution in [2.45, 2.75) is 0 Å². The van der Waals surface area contributed by atoms with E-state index in [0.29, 0.717) is 9.80 Å². The lowest BCUT2D eigenvalue weighted by atomic mass is 10.2. The summed E-state index contributed by atoms with van der Waals surface area (Å²) in [5.74, 6) is -0.556. The molecule has 0 spiro atoms. The smallest absolute Gasteiger partial charge is 0.289 e. The topological polar surface area (TPSA) is 88.3 Å². The molecule has 128 valence electrons. The van der Waals surface area contributed by atoms with E-state index in [1.165, 1.54) is 23.3 Å². The molecule has 3 aromatic heterocycles. The maximum Gasteiger partial charge on any atom is 0.289 e. The zero-order chi connectivity index (χ0) is 17.8. The highest BCUT2D eigenvalue weighted by Gasteiger charge is 2.18. The molecule has 7 nitrogen and oxygen atoms in total. The number of rotatable bonds is 5. The highest BCUT2D eigenvalue weighted by atomic mass is 79.9. The molecule has 0 unspecified atom stereocenters. The van der Waals surface area contributed by atoms with Crippen molar-refractivity contribution in [1.29, 1.82) is 0 Å². The van der Waals surface area contributed by atoms with E-state index in [0.717, 1.165) is 11.3 Å². The van der Waals surface area contributed by atoms with E-state index in [-0.39, 0.29) is 24.1 Å². The molecule has 0 bridgehead atoms. The lowest BCUT2D eigenvalue weighted by Gasteiger charge is -2.14. The van der Waals surface area contributed by atoms with E-state index in [1.54, 1.807) is 24.5 Å². The lowest BCUT2D eigenvalue weighted by molar-refractivity contribution is -0.116. The quantitative estimate of drug-likeness (QED) is 0.683. The molecular formula is C16H13BrN4O3S. The van der Waals surface area contributed by atoms with E-state index in [4.69, 9.17) is 4.42 Å². The van der Waals surface area contributed by atoms with Gasteiger partial charge >= 0.3 is 0 Å². The fourth-order valence-electron chi connectivity index (χ4n) is 2.04. The van der Waals surface area contributed by atoms with Crippen LogP contribution in [0.25, 0.3) is 11.3 Å². The summed E-state index contributed by atoms with van der Waals surface area (Å²) in [6, 6.07) is 6.88. The largest absolute Gasteiger partial charge is 0.444 e. The zero-order valence-corrected chi connectivity index (χ0v) is 15.5. The minimum atomic E-state index is -0.379. The van der Waals surface area contributed by atoms with Crippen LogP contribution in [0.4, 0.5) is 5.13 Å². The van der Waals surface area contributed by atoms with Crippen LogP contribution in [0.2, 0.25) is 0 Å². The predicted octanol–water partition coefficient (Wildman–Crippen LogP) is 3.27. The molecule has 3 rings (SSSR count). The van der Waals surface area contributed by atoms with Crippen LogP contribution in [-0.4, -0.2) is 40.3 Å². The molecule has 1 N–H and O–H groups in total. The van der Waals surface area contributed by atoms with E-state index in [1.807, 2.05) is 17.5 Å². The fraction of sp³-hybridized carbons (Fsp3) is 0.125. The number of nitrogens with one attached hydrogen (secondary N) is 1. The van der Waals surface area contributed by atoms with Gasteiger partial charge in [-0.1, -0.05) is 0 Å². The van der Waals surface area contributed by atoms with Crippen LogP contribution in [0.15, 0.2) is 51.1 Å². The summed E-state index contributed by atoms with van der Waals surface area (Å²) in [7, 11) is 1.53. The average molecular weight is 421 g/mol. The first-order valence-corrected chi connectivity index (χ1v) is 8.87. The van der Waals surface area contributed by atoms with Gasteiger partial charge in [0.25, 0.3) is 5.91 Å². The molecule has 0 aromatic carbocycles. The minimum absolute atomic E-state index is 0.112. The van der Waals surface area contributed by atoms with Gasteiger partial charge in [-0.2, -0.15) is 0 Å². The van der Waals surface area contributed by atoms with Crippen molar-refractivity contribution in [3.8, 4) is 11.3 Å². The Balaban J connectivity index is 1.59. The number of pyridine rings is 1. The number of halogens is 1. The Labute approximate surface area is 155 Å². The second-order valence-electron chi connectivity index (χ2n) is 5.09. The monoisotopic (exact) mass is 420 g/mol. The number of hydrogen-bond donors (Lipinski definition) is 1. The van der Waals surface area contributed by atoms with E-state index < -0.39 is 0 Å². The van der Waals surface area contributed by atoms with Crippen molar-refractivity contribution < 1.29 is 14.0 Å². The Hall–Kier alpha value is -2.52. The maximum absolute atomic E-state index is 12.1. The number of carbonyl (C=O) groups excluding carboxylic acids is 2. The van der Waals surface area contributed by atoms with Gasteiger partial charge in [0.05, 0.1) is 5.69 Å². The molecule has 3 aromatic rings. The molecule has 0 saturated heterocycles. The van der Waals surface area contributed by atoms with Crippen LogP contribution >= 0.6 is 27.3 Å². The van der Waals surface area contributed by atoms with Crippen LogP contribution in [0.3, 0.4) is 0 Å². The highest BCUT2D eigenvalue weighted by molar-refractivity contribution is 9.10. The van der Waals surface area contributed by atoms with Crippen molar-refractivity contribution in [3.05, 3.63) is 52.5 Å². The van der Waals surface area contributed by atoms with Gasteiger partial charge in [0.1, 0.15) is 6.54 Å². The molecule has 9 heteroatoms. The summed E-state index contributed by atoms with van der Waals surface area (Å²) >= 11 is 4.45. The number of hydrogen-bond acceptors (Lipinski definition) is 6. The first-order chi connectivity index (χ1) is 12.0. The van der Waals surface area contributed by atoms with Gasteiger partial charge in [0, 0.05) is 30.4 Å². The predicted molar refractivity (Wildman–Crippen MR) is 97.3 cm³/mol. The van der Waals surface area contributed by atoms with Crippen molar-refractivity contribution in [3.63, 3.8) is 0 Å². The van der Waals surface area contributed by atoms with E-state index in [9.17, 15) is 9.59 Å². The molecule has 0 atom stereocenters. The van der Waals surface area contributed by atoms with Gasteiger partial charge in [0.15, 0.2) is 15.6 Å². The third kappa shape index (κ3) is 4.31.